The van der Waals surface area contributed by atoms with Crippen LogP contribution in [0, 0.1) is 37.5 Å². The summed E-state index contributed by atoms with van der Waals surface area (Å²) in [6, 6.07) is 2.49. The molecule has 26 heavy (non-hydrogen) atoms. The summed E-state index contributed by atoms with van der Waals surface area (Å²) in [7, 11) is 0. The monoisotopic (exact) mass is 353 g/mol. The van der Waals surface area contributed by atoms with Crippen molar-refractivity contribution in [3.05, 3.63) is 34.6 Å². The van der Waals surface area contributed by atoms with Gasteiger partial charge in [-0.05, 0) is 73.5 Å². The molecule has 0 aliphatic heterocycles. The van der Waals surface area contributed by atoms with Crippen molar-refractivity contribution in [3.63, 3.8) is 0 Å². The number of fused-ring (bicyclic) bond motifs is 3. The van der Waals surface area contributed by atoms with Crippen molar-refractivity contribution in [2.24, 2.45) is 16.7 Å². The third-order valence-corrected chi connectivity index (χ3v) is 8.11. The highest BCUT2D eigenvalue weighted by Gasteiger charge is 2.61. The van der Waals surface area contributed by atoms with E-state index >= 15 is 0 Å². The van der Waals surface area contributed by atoms with Crippen molar-refractivity contribution >= 4 is 16.9 Å². The maximum Gasteiger partial charge on any atom is 0.224 e. The molecule has 4 rings (SSSR count). The fourth-order valence-corrected chi connectivity index (χ4v) is 5.76. The van der Waals surface area contributed by atoms with E-state index in [1.165, 1.54) is 29.5 Å². The highest BCUT2D eigenvalue weighted by atomic mass is 16.3. The lowest BCUT2D eigenvalue weighted by molar-refractivity contribution is -0.122. The number of hydrogen-bond acceptors (Lipinski definition) is 2. The first-order valence-electron chi connectivity index (χ1n) is 9.91. The highest BCUT2D eigenvalue weighted by molar-refractivity contribution is 5.92. The number of nitrogens with one attached hydrogen (secondary N) is 1. The average molecular weight is 354 g/mol. The molecule has 2 aliphatic rings. The third kappa shape index (κ3) is 2.28. The molecule has 1 N–H and O–H groups in total. The smallest absolute Gasteiger partial charge is 0.224 e. The zero-order valence-corrected chi connectivity index (χ0v) is 17.0. The summed E-state index contributed by atoms with van der Waals surface area (Å²) in [5.41, 5.74) is 6.06. The standard InChI is InChI=1S/C23H31NO2/c1-13-9-14(2)20-16(12-26-21(20)15(13)3)10-19(25)24-18-11-17-7-8-23(18,6)22(17,4)5/h9,12,17-18H,7-8,10-11H2,1-6H3,(H,24,25). The van der Waals surface area contributed by atoms with Crippen molar-refractivity contribution in [2.75, 3.05) is 0 Å². The SMILES string of the molecule is Cc1cc(C)c2c(CC(=O)NC3CC4CCC3(C)C4(C)C)coc2c1C. The van der Waals surface area contributed by atoms with Crippen LogP contribution in [0.3, 0.4) is 0 Å². The van der Waals surface area contributed by atoms with Gasteiger partial charge < -0.3 is 9.73 Å². The van der Waals surface area contributed by atoms with Gasteiger partial charge in [0, 0.05) is 17.0 Å². The van der Waals surface area contributed by atoms with Gasteiger partial charge in [-0.2, -0.15) is 0 Å². The maximum atomic E-state index is 12.9. The Bertz CT molecular complexity index is 891. The van der Waals surface area contributed by atoms with Gasteiger partial charge >= 0.3 is 0 Å². The van der Waals surface area contributed by atoms with Gasteiger partial charge in [0.25, 0.3) is 0 Å². The molecule has 3 unspecified atom stereocenters. The van der Waals surface area contributed by atoms with Gasteiger partial charge in [-0.15, -0.1) is 0 Å². The number of benzene rings is 1. The summed E-state index contributed by atoms with van der Waals surface area (Å²) in [4.78, 5) is 12.9. The molecule has 2 aliphatic carbocycles. The van der Waals surface area contributed by atoms with E-state index in [1.807, 2.05) is 0 Å². The molecule has 140 valence electrons. The second kappa shape index (κ2) is 5.61. The van der Waals surface area contributed by atoms with Crippen molar-refractivity contribution in [2.45, 2.75) is 73.3 Å². The fourth-order valence-electron chi connectivity index (χ4n) is 5.76. The van der Waals surface area contributed by atoms with Crippen LogP contribution in [0.2, 0.25) is 0 Å². The number of carbonyl (C=O) groups excluding carboxylic acids is 1. The second-order valence-electron chi connectivity index (χ2n) is 9.51. The first-order chi connectivity index (χ1) is 12.1. The zero-order valence-electron chi connectivity index (χ0n) is 17.0. The van der Waals surface area contributed by atoms with Crippen LogP contribution in [0.5, 0.6) is 0 Å². The number of aryl methyl sites for hydroxylation is 3. The molecule has 3 atom stereocenters. The van der Waals surface area contributed by atoms with Crippen molar-refractivity contribution in [1.29, 1.82) is 0 Å². The lowest BCUT2D eigenvalue weighted by Gasteiger charge is -2.39. The lowest BCUT2D eigenvalue weighted by Crippen LogP contribution is -2.47. The molecular weight excluding hydrogens is 322 g/mol. The first-order valence-corrected chi connectivity index (χ1v) is 9.91. The van der Waals surface area contributed by atoms with E-state index in [-0.39, 0.29) is 11.3 Å². The van der Waals surface area contributed by atoms with Gasteiger partial charge in [0.15, 0.2) is 0 Å². The zero-order chi connectivity index (χ0) is 18.9. The Morgan fingerprint density at radius 2 is 1.96 bits per heavy atom. The Morgan fingerprint density at radius 1 is 1.23 bits per heavy atom. The number of rotatable bonds is 3. The predicted molar refractivity (Wildman–Crippen MR) is 105 cm³/mol. The average Bonchev–Trinajstić information content (AvgIpc) is 3.12. The van der Waals surface area contributed by atoms with E-state index in [9.17, 15) is 4.79 Å². The van der Waals surface area contributed by atoms with E-state index in [2.05, 4.69) is 52.9 Å². The predicted octanol–water partition coefficient (Wildman–Crippen LogP) is 5.23. The fraction of sp³-hybridized carbons (Fsp3) is 0.609. The summed E-state index contributed by atoms with van der Waals surface area (Å²) in [6.07, 6.45) is 5.82. The van der Waals surface area contributed by atoms with E-state index in [1.54, 1.807) is 6.26 Å². The molecule has 0 saturated heterocycles. The summed E-state index contributed by atoms with van der Waals surface area (Å²) in [5, 5.41) is 4.49. The molecule has 3 heteroatoms. The molecule has 1 heterocycles. The van der Waals surface area contributed by atoms with Crippen LogP contribution < -0.4 is 5.32 Å². The Labute approximate surface area is 156 Å². The van der Waals surface area contributed by atoms with Gasteiger partial charge in [-0.1, -0.05) is 26.8 Å². The summed E-state index contributed by atoms with van der Waals surface area (Å²) >= 11 is 0. The Kier molecular flexibility index (Phi) is 3.81. The molecule has 2 saturated carbocycles. The van der Waals surface area contributed by atoms with E-state index in [0.29, 0.717) is 17.9 Å². The van der Waals surface area contributed by atoms with Crippen molar-refractivity contribution in [3.8, 4) is 0 Å². The van der Waals surface area contributed by atoms with Crippen LogP contribution in [0.15, 0.2) is 16.7 Å². The summed E-state index contributed by atoms with van der Waals surface area (Å²) in [6.45, 7) is 13.4. The van der Waals surface area contributed by atoms with Crippen LogP contribution in [0.25, 0.3) is 11.0 Å². The molecule has 0 spiro atoms. The Balaban J connectivity index is 1.55. The second-order valence-corrected chi connectivity index (χ2v) is 9.51. The topological polar surface area (TPSA) is 42.2 Å². The highest BCUT2D eigenvalue weighted by Crippen LogP contribution is 2.65. The molecule has 2 aromatic rings. The quantitative estimate of drug-likeness (QED) is 0.821. The van der Waals surface area contributed by atoms with E-state index in [4.69, 9.17) is 4.42 Å². The molecule has 3 nitrogen and oxygen atoms in total. The van der Waals surface area contributed by atoms with Crippen molar-refractivity contribution in [1.82, 2.24) is 5.32 Å². The molecule has 0 radical (unpaired) electrons. The van der Waals surface area contributed by atoms with Gasteiger partial charge in [-0.3, -0.25) is 4.79 Å². The molecule has 1 aromatic carbocycles. The minimum absolute atomic E-state index is 0.125. The van der Waals surface area contributed by atoms with E-state index in [0.717, 1.165) is 28.9 Å². The number of hydrogen-bond donors (Lipinski definition) is 1. The van der Waals surface area contributed by atoms with Crippen LogP contribution in [-0.4, -0.2) is 11.9 Å². The molecule has 1 aromatic heterocycles. The van der Waals surface area contributed by atoms with Gasteiger partial charge in [0.05, 0.1) is 12.7 Å². The molecule has 2 fully saturated rings. The minimum Gasteiger partial charge on any atom is -0.464 e. The van der Waals surface area contributed by atoms with Crippen LogP contribution in [0.1, 0.15) is 62.3 Å². The minimum atomic E-state index is 0.125. The van der Waals surface area contributed by atoms with Gasteiger partial charge in [0.1, 0.15) is 5.58 Å². The van der Waals surface area contributed by atoms with Crippen LogP contribution >= 0.6 is 0 Å². The number of amides is 1. The Morgan fingerprint density at radius 3 is 2.58 bits per heavy atom. The number of carbonyl (C=O) groups is 1. The normalized spacial score (nSPS) is 29.5. The number of furan rings is 1. The summed E-state index contributed by atoms with van der Waals surface area (Å²) < 4.78 is 5.83. The van der Waals surface area contributed by atoms with Gasteiger partial charge in [-0.25, -0.2) is 0 Å². The summed E-state index contributed by atoms with van der Waals surface area (Å²) in [5.74, 6) is 0.861. The first kappa shape index (κ1) is 17.6. The van der Waals surface area contributed by atoms with Crippen molar-refractivity contribution < 1.29 is 9.21 Å². The van der Waals surface area contributed by atoms with Crippen LogP contribution in [0.4, 0.5) is 0 Å². The molecular formula is C23H31NO2. The van der Waals surface area contributed by atoms with Gasteiger partial charge in [0.2, 0.25) is 5.91 Å². The maximum absolute atomic E-state index is 12.9. The van der Waals surface area contributed by atoms with Crippen LogP contribution in [-0.2, 0) is 11.2 Å². The molecule has 1 amide bonds. The Hall–Kier alpha value is -1.77. The van der Waals surface area contributed by atoms with E-state index < -0.39 is 0 Å². The lowest BCUT2D eigenvalue weighted by atomic mass is 9.69. The molecule has 2 bridgehead atoms. The third-order valence-electron chi connectivity index (χ3n) is 8.11. The largest absolute Gasteiger partial charge is 0.464 e.